The molecule has 1 aliphatic rings. The van der Waals surface area contributed by atoms with Crippen molar-refractivity contribution in [1.82, 2.24) is 0 Å². The summed E-state index contributed by atoms with van der Waals surface area (Å²) in [5.74, 6) is 1.20. The van der Waals surface area contributed by atoms with Gasteiger partial charge in [0.2, 0.25) is 0 Å². The van der Waals surface area contributed by atoms with E-state index in [0.29, 0.717) is 0 Å². The van der Waals surface area contributed by atoms with Crippen molar-refractivity contribution in [2.24, 2.45) is 0 Å². The Kier molecular flexibility index (Phi) is 31.1. The fourth-order valence-electron chi connectivity index (χ4n) is 0.196. The Labute approximate surface area is 153 Å². The molecule has 1 aliphatic heterocycles. The van der Waals surface area contributed by atoms with E-state index in [2.05, 4.69) is 11.5 Å². The van der Waals surface area contributed by atoms with E-state index in [1.807, 2.05) is 21.6 Å². The van der Waals surface area contributed by atoms with E-state index in [9.17, 15) is 0 Å². The summed E-state index contributed by atoms with van der Waals surface area (Å²) >= 11 is 0. The van der Waals surface area contributed by atoms with Gasteiger partial charge in [-0.05, 0) is 5.41 Å². The smallest absolute Gasteiger partial charge is 0.0229 e. The molecule has 5 heteroatoms. The van der Waals surface area contributed by atoms with Crippen molar-refractivity contribution in [3.8, 4) is 0 Å². The van der Waals surface area contributed by atoms with Crippen LogP contribution in [0.1, 0.15) is 0 Å². The second kappa shape index (κ2) is 13.8. The van der Waals surface area contributed by atoms with Gasteiger partial charge in [-0.2, -0.15) is 0 Å². The predicted octanol–water partition coefficient (Wildman–Crippen LogP) is 1.13. The minimum Gasteiger partial charge on any atom is -0.0854 e. The van der Waals surface area contributed by atoms with Crippen molar-refractivity contribution >= 4 is 124 Å². The first-order valence-electron chi connectivity index (χ1n) is 1.43. The first-order valence-corrected chi connectivity index (χ1v) is 3.81. The first-order chi connectivity index (χ1) is 2.50. The van der Waals surface area contributed by atoms with Crippen LogP contribution in [0.15, 0.2) is 11.5 Å². The molecule has 8 heavy (non-hydrogen) atoms. The molecule has 0 amide bonds. The molecule has 0 unspecified atom stereocenters. The Morgan fingerprint density at radius 2 is 1.88 bits per heavy atom. The third kappa shape index (κ3) is 10.2. The van der Waals surface area contributed by atoms with Crippen LogP contribution < -0.4 is 0 Å². The topological polar surface area (TPSA) is 0 Å². The average Bonchev–Trinajstić information content (AvgIpc) is 1.76. The summed E-state index contributed by atoms with van der Waals surface area (Å²) in [7, 11) is 3.69. The molecule has 0 nitrogen and oxygen atoms in total. The third-order valence-electron chi connectivity index (χ3n) is 0.384. The molecule has 2 radical (unpaired) electrons. The van der Waals surface area contributed by atoms with E-state index in [1.54, 1.807) is 0 Å². The molecule has 0 saturated heterocycles. The second-order valence-corrected chi connectivity index (χ2v) is 3.07. The van der Waals surface area contributed by atoms with E-state index in [4.69, 9.17) is 0 Å². The van der Waals surface area contributed by atoms with Gasteiger partial charge >= 0.3 is 0 Å². The minimum atomic E-state index is 0. The van der Waals surface area contributed by atoms with Crippen LogP contribution in [0.4, 0.5) is 0 Å². The van der Waals surface area contributed by atoms with Crippen molar-refractivity contribution in [2.75, 3.05) is 5.75 Å². The van der Waals surface area contributed by atoms with Crippen molar-refractivity contribution in [3.63, 3.8) is 0 Å². The maximum atomic E-state index is 2.16. The van der Waals surface area contributed by atoms with Gasteiger partial charge in [0.15, 0.2) is 0 Å². The summed E-state index contributed by atoms with van der Waals surface area (Å²) in [6, 6.07) is 0. The second-order valence-electron chi connectivity index (χ2n) is 0.753. The molecule has 0 aromatic heterocycles. The Morgan fingerprint density at radius 1 is 1.25 bits per heavy atom. The molecule has 0 fully saturated rings. The first kappa shape index (κ1) is 18.1. The summed E-state index contributed by atoms with van der Waals surface area (Å²) in [6.07, 6.45) is 2.16. The van der Waals surface area contributed by atoms with Crippen LogP contribution in [0.25, 0.3) is 0 Å². The van der Waals surface area contributed by atoms with E-state index in [-0.39, 0.29) is 119 Å². The molecular weight excluding hydrogens is 237 g/mol. The monoisotopic (exact) mass is 240 g/mol. The van der Waals surface area contributed by atoms with Crippen LogP contribution >= 0.6 is 21.6 Å². The molecule has 0 aliphatic carbocycles. The van der Waals surface area contributed by atoms with Gasteiger partial charge in [0, 0.05) is 125 Å². The van der Waals surface area contributed by atoms with Crippen molar-refractivity contribution in [1.29, 1.82) is 0 Å². The quantitative estimate of drug-likeness (QED) is 0.460. The van der Waals surface area contributed by atoms with Crippen LogP contribution in [0, 0.1) is 0 Å². The molecule has 0 N–H and O–H groups in total. The van der Waals surface area contributed by atoms with Crippen LogP contribution in [0.5, 0.6) is 0 Å². The molecular formula is C3H4K2NiS2. The molecule has 0 bridgehead atoms. The molecule has 1 rings (SSSR count). The number of rotatable bonds is 0. The van der Waals surface area contributed by atoms with Crippen molar-refractivity contribution in [3.05, 3.63) is 11.5 Å². The number of hydrogen-bond donors (Lipinski definition) is 0. The van der Waals surface area contributed by atoms with Gasteiger partial charge in [0.1, 0.15) is 0 Å². The average molecular weight is 241 g/mol. The third-order valence-corrected chi connectivity index (χ3v) is 2.30. The fourth-order valence-corrected chi connectivity index (χ4v) is 1.77. The maximum Gasteiger partial charge on any atom is 0.0229 e. The van der Waals surface area contributed by atoms with Crippen LogP contribution in [-0.2, 0) is 16.5 Å². The van der Waals surface area contributed by atoms with Crippen LogP contribution in [0.2, 0.25) is 0 Å². The van der Waals surface area contributed by atoms with Gasteiger partial charge in [0.25, 0.3) is 0 Å². The van der Waals surface area contributed by atoms with Gasteiger partial charge in [-0.1, -0.05) is 27.7 Å². The van der Waals surface area contributed by atoms with Gasteiger partial charge in [-0.25, -0.2) is 0 Å². The molecule has 0 atom stereocenters. The Bertz CT molecular complexity index is 53.2. The van der Waals surface area contributed by atoms with Crippen LogP contribution in [0.3, 0.4) is 0 Å². The Hall–Kier alpha value is 4.21. The minimum absolute atomic E-state index is 0. The fraction of sp³-hybridized carbons (Fsp3) is 0.333. The molecule has 0 saturated carbocycles. The van der Waals surface area contributed by atoms with Gasteiger partial charge in [-0.15, -0.1) is 0 Å². The maximum absolute atomic E-state index is 2.16. The summed E-state index contributed by atoms with van der Waals surface area (Å²) < 4.78 is 0. The SMILES string of the molecule is C1=CSSC1.[K].[K].[Ni]. The normalized spacial score (nSPS) is 13.0. The Balaban J connectivity index is -0.0000000833. The van der Waals surface area contributed by atoms with E-state index in [1.165, 1.54) is 5.75 Å². The zero-order valence-electron chi connectivity index (χ0n) is 4.99. The van der Waals surface area contributed by atoms with E-state index < -0.39 is 0 Å². The summed E-state index contributed by atoms with van der Waals surface area (Å²) in [6.45, 7) is 0. The molecule has 0 aromatic rings. The predicted molar refractivity (Wildman–Crippen MR) is 40.7 cm³/mol. The summed E-state index contributed by atoms with van der Waals surface area (Å²) in [5.41, 5.74) is 0. The van der Waals surface area contributed by atoms with Gasteiger partial charge < -0.3 is 0 Å². The van der Waals surface area contributed by atoms with Crippen molar-refractivity contribution in [2.45, 2.75) is 0 Å². The largest absolute Gasteiger partial charge is 0.0854 e. The van der Waals surface area contributed by atoms with Crippen LogP contribution in [-0.4, -0.2) is 109 Å². The van der Waals surface area contributed by atoms with Crippen molar-refractivity contribution < 1.29 is 16.5 Å². The summed E-state index contributed by atoms with van der Waals surface area (Å²) in [5, 5.41) is 2.12. The summed E-state index contributed by atoms with van der Waals surface area (Å²) in [4.78, 5) is 0. The number of hydrogen-bond acceptors (Lipinski definition) is 2. The van der Waals surface area contributed by atoms with Gasteiger partial charge in [0.05, 0.1) is 0 Å². The molecule has 0 spiro atoms. The van der Waals surface area contributed by atoms with E-state index >= 15 is 0 Å². The zero-order valence-corrected chi connectivity index (χ0v) is 13.9. The van der Waals surface area contributed by atoms with Gasteiger partial charge in [-0.3, -0.25) is 0 Å². The molecule has 40 valence electrons. The standard InChI is InChI=1S/C3H4S2.2K.Ni/c1-2-4-5-3-1;;;/h1-2H,3H2;;;. The Morgan fingerprint density at radius 3 is 2.00 bits per heavy atom. The van der Waals surface area contributed by atoms with E-state index in [0.717, 1.165) is 0 Å². The zero-order chi connectivity index (χ0) is 3.54. The molecule has 0 aromatic carbocycles. The molecule has 1 heterocycles.